The van der Waals surface area contributed by atoms with Gasteiger partial charge in [-0.2, -0.15) is 0 Å². The van der Waals surface area contributed by atoms with Gasteiger partial charge in [-0.3, -0.25) is 0 Å². The van der Waals surface area contributed by atoms with Crippen LogP contribution in [0.25, 0.3) is 0 Å². The van der Waals surface area contributed by atoms with E-state index < -0.39 is 5.97 Å². The van der Waals surface area contributed by atoms with Crippen molar-refractivity contribution in [3.05, 3.63) is 59.7 Å². The van der Waals surface area contributed by atoms with Crippen LogP contribution in [0.5, 0.6) is 0 Å². The first-order valence-corrected chi connectivity index (χ1v) is 6.84. The molecule has 0 aliphatic rings. The first kappa shape index (κ1) is 14.9. The Labute approximate surface area is 125 Å². The monoisotopic (exact) mass is 284 g/mol. The van der Waals surface area contributed by atoms with Crippen LogP contribution in [0.4, 0.5) is 11.4 Å². The summed E-state index contributed by atoms with van der Waals surface area (Å²) in [4.78, 5) is 13.0. The van der Waals surface area contributed by atoms with Crippen LogP contribution in [0.2, 0.25) is 0 Å². The molecule has 21 heavy (non-hydrogen) atoms. The summed E-state index contributed by atoms with van der Waals surface area (Å²) in [5.74, 6) is -0.915. The molecule has 2 aromatic carbocycles. The lowest BCUT2D eigenvalue weighted by Crippen LogP contribution is -2.10. The molecular weight excluding hydrogens is 264 g/mol. The number of carbonyl (C=O) groups is 1. The fourth-order valence-corrected chi connectivity index (χ4v) is 2.14. The highest BCUT2D eigenvalue weighted by Crippen LogP contribution is 2.22. The Bertz CT molecular complexity index is 621. The number of nitrogens with zero attached hydrogens (tertiary/aromatic N) is 1. The van der Waals surface area contributed by atoms with Gasteiger partial charge >= 0.3 is 5.97 Å². The molecule has 0 saturated carbocycles. The van der Waals surface area contributed by atoms with Crippen LogP contribution in [0.3, 0.4) is 0 Å². The number of benzene rings is 2. The molecule has 2 N–H and O–H groups in total. The van der Waals surface area contributed by atoms with Gasteiger partial charge in [0.15, 0.2) is 0 Å². The number of rotatable bonds is 5. The zero-order chi connectivity index (χ0) is 15.4. The minimum Gasteiger partial charge on any atom is -0.478 e. The molecule has 0 fully saturated rings. The summed E-state index contributed by atoms with van der Waals surface area (Å²) in [5, 5.41) is 12.3. The second-order valence-corrected chi connectivity index (χ2v) is 5.24. The van der Waals surface area contributed by atoms with Gasteiger partial charge in [-0.15, -0.1) is 0 Å². The van der Waals surface area contributed by atoms with E-state index in [4.69, 9.17) is 5.11 Å². The molecule has 2 aromatic rings. The van der Waals surface area contributed by atoms with Gasteiger partial charge in [-0.25, -0.2) is 4.79 Å². The number of carboxylic acid groups (broad SMARTS) is 1. The lowest BCUT2D eigenvalue weighted by molar-refractivity contribution is 0.0697. The largest absolute Gasteiger partial charge is 0.478 e. The smallest absolute Gasteiger partial charge is 0.335 e. The minimum atomic E-state index is -0.915. The van der Waals surface area contributed by atoms with Crippen LogP contribution >= 0.6 is 0 Å². The maximum atomic E-state index is 11.0. The van der Waals surface area contributed by atoms with E-state index in [1.807, 2.05) is 20.2 Å². The van der Waals surface area contributed by atoms with Crippen molar-refractivity contribution < 1.29 is 9.90 Å². The standard InChI is InChI=1S/C17H20N2O2/c1-12(13-7-9-16(10-8-13)19(2)3)18-15-6-4-5-14(11-15)17(20)21/h4-12,18H,1-3H3,(H,20,21). The first-order valence-electron chi connectivity index (χ1n) is 6.84. The highest BCUT2D eigenvalue weighted by atomic mass is 16.4. The minimum absolute atomic E-state index is 0.102. The number of carboxylic acids is 1. The predicted molar refractivity (Wildman–Crippen MR) is 86.2 cm³/mol. The molecule has 0 aromatic heterocycles. The molecule has 1 atom stereocenters. The Morgan fingerprint density at radius 3 is 2.38 bits per heavy atom. The molecular formula is C17H20N2O2. The third-order valence-electron chi connectivity index (χ3n) is 3.40. The molecule has 1 unspecified atom stereocenters. The van der Waals surface area contributed by atoms with E-state index >= 15 is 0 Å². The summed E-state index contributed by atoms with van der Waals surface area (Å²) in [6.45, 7) is 2.05. The van der Waals surface area contributed by atoms with Gasteiger partial charge in [-0.05, 0) is 42.8 Å². The Kier molecular flexibility index (Phi) is 4.48. The summed E-state index contributed by atoms with van der Waals surface area (Å²) in [5.41, 5.74) is 3.40. The third-order valence-corrected chi connectivity index (χ3v) is 3.40. The first-order chi connectivity index (χ1) is 9.97. The number of nitrogens with one attached hydrogen (secondary N) is 1. The summed E-state index contributed by atoms with van der Waals surface area (Å²) >= 11 is 0. The van der Waals surface area contributed by atoms with E-state index in [2.05, 4.69) is 41.4 Å². The van der Waals surface area contributed by atoms with Crippen molar-refractivity contribution in [1.29, 1.82) is 0 Å². The Morgan fingerprint density at radius 2 is 1.81 bits per heavy atom. The van der Waals surface area contributed by atoms with Crippen molar-refractivity contribution in [2.24, 2.45) is 0 Å². The van der Waals surface area contributed by atoms with Crippen molar-refractivity contribution in [3.8, 4) is 0 Å². The van der Waals surface area contributed by atoms with Gasteiger partial charge in [0.1, 0.15) is 0 Å². The van der Waals surface area contributed by atoms with Crippen molar-refractivity contribution in [1.82, 2.24) is 0 Å². The van der Waals surface area contributed by atoms with Gasteiger partial charge in [0, 0.05) is 31.5 Å². The molecule has 4 heteroatoms. The maximum absolute atomic E-state index is 11.0. The Morgan fingerprint density at radius 1 is 1.14 bits per heavy atom. The highest BCUT2D eigenvalue weighted by Gasteiger charge is 2.08. The van der Waals surface area contributed by atoms with Crippen LogP contribution in [-0.2, 0) is 0 Å². The van der Waals surface area contributed by atoms with Crippen molar-refractivity contribution in [3.63, 3.8) is 0 Å². The average molecular weight is 284 g/mol. The summed E-state index contributed by atoms with van der Waals surface area (Å²) in [7, 11) is 4.02. The Hall–Kier alpha value is -2.49. The van der Waals surface area contributed by atoms with Crippen LogP contribution < -0.4 is 10.2 Å². The average Bonchev–Trinajstić information content (AvgIpc) is 2.47. The van der Waals surface area contributed by atoms with Gasteiger partial charge in [-0.1, -0.05) is 18.2 Å². The normalized spacial score (nSPS) is 11.8. The molecule has 4 nitrogen and oxygen atoms in total. The second kappa shape index (κ2) is 6.31. The zero-order valence-corrected chi connectivity index (χ0v) is 12.5. The van der Waals surface area contributed by atoms with Crippen LogP contribution in [-0.4, -0.2) is 25.2 Å². The molecule has 2 rings (SSSR count). The number of hydrogen-bond acceptors (Lipinski definition) is 3. The number of anilines is 2. The predicted octanol–water partition coefficient (Wildman–Crippen LogP) is 3.62. The van der Waals surface area contributed by atoms with Gasteiger partial charge in [0.05, 0.1) is 5.56 Å². The van der Waals surface area contributed by atoms with Gasteiger partial charge < -0.3 is 15.3 Å². The SMILES string of the molecule is CC(Nc1cccc(C(=O)O)c1)c1ccc(N(C)C)cc1. The second-order valence-electron chi connectivity index (χ2n) is 5.24. The molecule has 0 bridgehead atoms. The summed E-state index contributed by atoms with van der Waals surface area (Å²) < 4.78 is 0. The zero-order valence-electron chi connectivity index (χ0n) is 12.5. The van der Waals surface area contributed by atoms with E-state index in [9.17, 15) is 4.79 Å². The fourth-order valence-electron chi connectivity index (χ4n) is 2.14. The van der Waals surface area contributed by atoms with Crippen LogP contribution in [0.15, 0.2) is 48.5 Å². The van der Waals surface area contributed by atoms with Gasteiger partial charge in [0.2, 0.25) is 0 Å². The molecule has 0 amide bonds. The van der Waals surface area contributed by atoms with Crippen LogP contribution in [0.1, 0.15) is 28.9 Å². The molecule has 0 heterocycles. The quantitative estimate of drug-likeness (QED) is 0.880. The maximum Gasteiger partial charge on any atom is 0.335 e. The summed E-state index contributed by atoms with van der Waals surface area (Å²) in [6.07, 6.45) is 0. The van der Waals surface area contributed by atoms with Crippen molar-refractivity contribution in [2.45, 2.75) is 13.0 Å². The van der Waals surface area contributed by atoms with Crippen molar-refractivity contribution >= 4 is 17.3 Å². The van der Waals surface area contributed by atoms with Gasteiger partial charge in [0.25, 0.3) is 0 Å². The molecule has 0 spiro atoms. The summed E-state index contributed by atoms with van der Waals surface area (Å²) in [6, 6.07) is 15.2. The van der Waals surface area contributed by atoms with E-state index in [1.54, 1.807) is 18.2 Å². The Balaban J connectivity index is 2.12. The van der Waals surface area contributed by atoms with Crippen molar-refractivity contribution in [2.75, 3.05) is 24.3 Å². The molecule has 0 radical (unpaired) electrons. The molecule has 110 valence electrons. The van der Waals surface area contributed by atoms with E-state index in [0.717, 1.165) is 16.9 Å². The molecule has 0 aliphatic heterocycles. The van der Waals surface area contributed by atoms with Crippen LogP contribution in [0, 0.1) is 0 Å². The fraction of sp³-hybridized carbons (Fsp3) is 0.235. The third kappa shape index (κ3) is 3.75. The van der Waals surface area contributed by atoms with E-state index in [1.165, 1.54) is 0 Å². The topological polar surface area (TPSA) is 52.6 Å². The lowest BCUT2D eigenvalue weighted by Gasteiger charge is -2.18. The lowest BCUT2D eigenvalue weighted by atomic mass is 10.1. The number of aromatic carboxylic acids is 1. The molecule has 0 aliphatic carbocycles. The van der Waals surface area contributed by atoms with E-state index in [0.29, 0.717) is 0 Å². The highest BCUT2D eigenvalue weighted by molar-refractivity contribution is 5.88. The molecule has 0 saturated heterocycles. The number of hydrogen-bond donors (Lipinski definition) is 2. The van der Waals surface area contributed by atoms with E-state index in [-0.39, 0.29) is 11.6 Å².